The highest BCUT2D eigenvalue weighted by molar-refractivity contribution is 6.40. The molecule has 0 bridgehead atoms. The van der Waals surface area contributed by atoms with Gasteiger partial charge in [-0.2, -0.15) is 0 Å². The summed E-state index contributed by atoms with van der Waals surface area (Å²) in [5.41, 5.74) is 5.64. The van der Waals surface area contributed by atoms with Gasteiger partial charge in [0.2, 0.25) is 0 Å². The van der Waals surface area contributed by atoms with Gasteiger partial charge in [-0.25, -0.2) is 0 Å². The molecular formula is C14H29Cl2N3O2. The number of halogens is 2. The van der Waals surface area contributed by atoms with Crippen molar-refractivity contribution in [2.45, 2.75) is 71.4 Å². The van der Waals surface area contributed by atoms with Gasteiger partial charge in [-0.05, 0) is 33.6 Å². The summed E-state index contributed by atoms with van der Waals surface area (Å²) in [6.07, 6.45) is 6.29. The fourth-order valence-electron chi connectivity index (χ4n) is 2.45. The number of nitrogens with zero attached hydrogens (tertiary/aromatic N) is 1. The lowest BCUT2D eigenvalue weighted by Crippen LogP contribution is -2.54. The van der Waals surface area contributed by atoms with E-state index in [2.05, 4.69) is 25.7 Å². The zero-order chi connectivity index (χ0) is 17.1. The van der Waals surface area contributed by atoms with Crippen molar-refractivity contribution < 1.29 is 9.90 Å². The molecule has 1 aliphatic carbocycles. The van der Waals surface area contributed by atoms with Gasteiger partial charge in [0.1, 0.15) is 0 Å². The molecule has 1 aliphatic rings. The van der Waals surface area contributed by atoms with Crippen molar-refractivity contribution in [2.24, 2.45) is 5.73 Å². The lowest BCUT2D eigenvalue weighted by Gasteiger charge is -2.43. The van der Waals surface area contributed by atoms with Crippen molar-refractivity contribution >= 4 is 35.1 Å². The molecule has 1 saturated carbocycles. The molecule has 0 aromatic carbocycles. The number of carboxylic acid groups (broad SMARTS) is 1. The third-order valence-corrected chi connectivity index (χ3v) is 2.92. The van der Waals surface area contributed by atoms with Gasteiger partial charge in [-0.3, -0.25) is 10.2 Å². The smallest absolute Gasteiger partial charge is 0.300 e. The molecule has 7 heteroatoms. The number of alkyl halides is 2. The predicted molar refractivity (Wildman–Crippen MR) is 90.3 cm³/mol. The third-order valence-electron chi connectivity index (χ3n) is 2.92. The topological polar surface area (TPSA) is 90.4 Å². The minimum absolute atomic E-state index is 0.0200. The van der Waals surface area contributed by atoms with Gasteiger partial charge in [-0.1, -0.05) is 19.3 Å². The van der Waals surface area contributed by atoms with E-state index in [-0.39, 0.29) is 16.8 Å². The molecule has 0 amide bonds. The Balaban J connectivity index is 0. The Hall–Kier alpha value is -0.680. The fraction of sp³-hybridized carbons (Fsp3) is 0.857. The van der Waals surface area contributed by atoms with E-state index in [1.165, 1.54) is 32.1 Å². The Morgan fingerprint density at radius 2 is 1.62 bits per heavy atom. The number of guanidine groups is 1. The van der Waals surface area contributed by atoms with Crippen molar-refractivity contribution in [1.29, 1.82) is 5.41 Å². The summed E-state index contributed by atoms with van der Waals surface area (Å²) in [4.78, 5) is 11.1. The first-order valence-electron chi connectivity index (χ1n) is 7.02. The van der Waals surface area contributed by atoms with Gasteiger partial charge in [0, 0.05) is 18.5 Å². The molecule has 0 saturated heterocycles. The van der Waals surface area contributed by atoms with Crippen molar-refractivity contribution in [2.75, 3.05) is 5.34 Å². The normalized spacial score (nSPS) is 15.0. The summed E-state index contributed by atoms with van der Waals surface area (Å²) >= 11 is 9.53. The van der Waals surface area contributed by atoms with E-state index in [0.29, 0.717) is 6.04 Å². The predicted octanol–water partition coefficient (Wildman–Crippen LogP) is 3.83. The molecule has 0 atom stereocenters. The SMILES string of the molecule is CC(=O)O.CC(C)(C)N(C(=N)N)C1CCCCC1.ClCCl. The Morgan fingerprint density at radius 1 is 1.29 bits per heavy atom. The Morgan fingerprint density at radius 3 is 1.86 bits per heavy atom. The summed E-state index contributed by atoms with van der Waals surface area (Å²) < 4.78 is 0. The number of nitrogens with two attached hydrogens (primary N) is 1. The average molecular weight is 342 g/mol. The maximum Gasteiger partial charge on any atom is 0.300 e. The second kappa shape index (κ2) is 11.9. The van der Waals surface area contributed by atoms with Crippen molar-refractivity contribution in [3.63, 3.8) is 0 Å². The molecule has 0 aromatic heterocycles. The van der Waals surface area contributed by atoms with Crippen LogP contribution in [0.15, 0.2) is 0 Å². The number of carbonyl (C=O) groups is 1. The van der Waals surface area contributed by atoms with E-state index >= 15 is 0 Å². The molecule has 0 aliphatic heterocycles. The summed E-state index contributed by atoms with van der Waals surface area (Å²) in [5.74, 6) is -0.607. The average Bonchev–Trinajstić information content (AvgIpc) is 2.28. The van der Waals surface area contributed by atoms with Crippen molar-refractivity contribution in [3.8, 4) is 0 Å². The Labute approximate surface area is 138 Å². The van der Waals surface area contributed by atoms with Crippen LogP contribution in [0, 0.1) is 5.41 Å². The van der Waals surface area contributed by atoms with E-state index in [1.807, 2.05) is 0 Å². The molecule has 0 heterocycles. The summed E-state index contributed by atoms with van der Waals surface area (Å²) in [6.45, 7) is 7.47. The van der Waals surface area contributed by atoms with Crippen LogP contribution in [-0.4, -0.2) is 38.9 Å². The molecule has 126 valence electrons. The van der Waals surface area contributed by atoms with Gasteiger partial charge in [-0.15, -0.1) is 23.2 Å². The second-order valence-corrected chi connectivity index (χ2v) is 6.65. The maximum absolute atomic E-state index is 9.00. The second-order valence-electron chi connectivity index (χ2n) is 5.84. The molecule has 5 nitrogen and oxygen atoms in total. The van der Waals surface area contributed by atoms with E-state index in [4.69, 9.17) is 44.2 Å². The van der Waals surface area contributed by atoms with Crippen LogP contribution in [-0.2, 0) is 4.79 Å². The lowest BCUT2D eigenvalue weighted by atomic mass is 9.91. The monoisotopic (exact) mass is 341 g/mol. The van der Waals surface area contributed by atoms with E-state index in [9.17, 15) is 0 Å². The van der Waals surface area contributed by atoms with Crippen LogP contribution in [0.1, 0.15) is 59.8 Å². The molecule has 0 spiro atoms. The molecular weight excluding hydrogens is 313 g/mol. The van der Waals surface area contributed by atoms with Gasteiger partial charge < -0.3 is 15.7 Å². The number of nitrogens with one attached hydrogen (secondary N) is 1. The maximum atomic E-state index is 9.00. The van der Waals surface area contributed by atoms with Crippen molar-refractivity contribution in [3.05, 3.63) is 0 Å². The molecule has 0 unspecified atom stereocenters. The lowest BCUT2D eigenvalue weighted by molar-refractivity contribution is -0.134. The van der Waals surface area contributed by atoms with Crippen LogP contribution in [0.25, 0.3) is 0 Å². The van der Waals surface area contributed by atoms with Crippen LogP contribution < -0.4 is 5.73 Å². The van der Waals surface area contributed by atoms with Crippen LogP contribution in [0.4, 0.5) is 0 Å². The molecule has 21 heavy (non-hydrogen) atoms. The number of hydrogen-bond donors (Lipinski definition) is 3. The quantitative estimate of drug-likeness (QED) is 0.384. The Bertz CT molecular complexity index is 297. The van der Waals surface area contributed by atoms with Crippen molar-refractivity contribution in [1.82, 2.24) is 4.90 Å². The standard InChI is InChI=1S/C11H23N3.C2H4O2.CH2Cl2/c1-11(2,3)14(10(12)13)9-7-5-4-6-8-9;1-2(3)4;2-1-3/h9H,4-8H2,1-3H3,(H3,12,13);1H3,(H,3,4);1H2. The molecule has 1 rings (SSSR count). The first-order valence-corrected chi connectivity index (χ1v) is 8.09. The highest BCUT2D eigenvalue weighted by Crippen LogP contribution is 2.27. The molecule has 0 aromatic rings. The van der Waals surface area contributed by atoms with E-state index < -0.39 is 5.97 Å². The van der Waals surface area contributed by atoms with Gasteiger partial charge in [0.25, 0.3) is 5.97 Å². The number of carboxylic acids is 1. The van der Waals surface area contributed by atoms with Crippen LogP contribution in [0.5, 0.6) is 0 Å². The van der Waals surface area contributed by atoms with E-state index in [1.54, 1.807) is 0 Å². The van der Waals surface area contributed by atoms with Crippen LogP contribution in [0.3, 0.4) is 0 Å². The minimum atomic E-state index is -0.833. The summed E-state index contributed by atoms with van der Waals surface area (Å²) in [5, 5.41) is 15.3. The molecule has 0 radical (unpaired) electrons. The first kappa shape index (κ1) is 22.6. The Kier molecular flexibility index (Phi) is 12.8. The van der Waals surface area contributed by atoms with Gasteiger partial charge >= 0.3 is 0 Å². The largest absolute Gasteiger partial charge is 0.481 e. The summed E-state index contributed by atoms with van der Waals surface area (Å²) in [6, 6.07) is 0.487. The summed E-state index contributed by atoms with van der Waals surface area (Å²) in [7, 11) is 0. The number of aliphatic carboxylic acids is 1. The van der Waals surface area contributed by atoms with Gasteiger partial charge in [0.15, 0.2) is 5.96 Å². The van der Waals surface area contributed by atoms with E-state index in [0.717, 1.165) is 6.92 Å². The number of rotatable bonds is 1. The first-order chi connectivity index (χ1) is 9.57. The highest BCUT2D eigenvalue weighted by atomic mass is 35.5. The molecule has 4 N–H and O–H groups in total. The zero-order valence-electron chi connectivity index (χ0n) is 13.5. The van der Waals surface area contributed by atoms with Crippen LogP contribution >= 0.6 is 23.2 Å². The van der Waals surface area contributed by atoms with Crippen LogP contribution in [0.2, 0.25) is 0 Å². The molecule has 1 fully saturated rings. The number of hydrogen-bond acceptors (Lipinski definition) is 2. The fourth-order valence-corrected chi connectivity index (χ4v) is 2.45. The highest BCUT2D eigenvalue weighted by Gasteiger charge is 2.30. The minimum Gasteiger partial charge on any atom is -0.481 e. The van der Waals surface area contributed by atoms with Gasteiger partial charge in [0.05, 0.1) is 5.34 Å². The third kappa shape index (κ3) is 12.8. The zero-order valence-corrected chi connectivity index (χ0v) is 15.0.